The van der Waals surface area contributed by atoms with Crippen molar-refractivity contribution in [2.75, 3.05) is 13.2 Å². The van der Waals surface area contributed by atoms with Crippen LogP contribution in [-0.2, 0) is 35.5 Å². The number of carbonyl (C=O) groups is 1. The summed E-state index contributed by atoms with van der Waals surface area (Å²) < 4.78 is 12.3. The standard InChI is InChI=1S/C20H24N2O5/c1-14-6-8-15(9-7-14)12-26-18(24)13-27-19-16-4-2-5-17(16)22(10-3-11-23)20(25)21-19/h6-9,23H,2-5,10-13H2,1H3. The lowest BCUT2D eigenvalue weighted by Gasteiger charge is -2.14. The Hall–Kier alpha value is -2.67. The van der Waals surface area contributed by atoms with E-state index in [1.807, 2.05) is 31.2 Å². The fourth-order valence-electron chi connectivity index (χ4n) is 3.18. The van der Waals surface area contributed by atoms with E-state index in [4.69, 9.17) is 14.6 Å². The molecule has 0 unspecified atom stereocenters. The lowest BCUT2D eigenvalue weighted by Crippen LogP contribution is -2.28. The molecule has 1 heterocycles. The minimum Gasteiger partial charge on any atom is -0.465 e. The van der Waals surface area contributed by atoms with Crippen LogP contribution in [0.15, 0.2) is 29.1 Å². The summed E-state index contributed by atoms with van der Waals surface area (Å²) in [5.74, 6) is -0.284. The molecular formula is C20H24N2O5. The molecule has 1 N–H and O–H groups in total. The third kappa shape index (κ3) is 4.74. The number of esters is 1. The smallest absolute Gasteiger partial charge is 0.351 e. The molecule has 3 rings (SSSR count). The molecule has 0 radical (unpaired) electrons. The van der Waals surface area contributed by atoms with Crippen molar-refractivity contribution >= 4 is 5.97 Å². The first-order valence-corrected chi connectivity index (χ1v) is 9.16. The first-order valence-electron chi connectivity index (χ1n) is 9.16. The van der Waals surface area contributed by atoms with Gasteiger partial charge in [0.2, 0.25) is 5.88 Å². The van der Waals surface area contributed by atoms with Gasteiger partial charge in [-0.3, -0.25) is 4.57 Å². The fraction of sp³-hybridized carbons (Fsp3) is 0.450. The lowest BCUT2D eigenvalue weighted by molar-refractivity contribution is -0.147. The van der Waals surface area contributed by atoms with Crippen LogP contribution in [0.2, 0.25) is 0 Å². The zero-order valence-corrected chi connectivity index (χ0v) is 15.4. The second kappa shape index (κ2) is 8.81. The summed E-state index contributed by atoms with van der Waals surface area (Å²) in [5, 5.41) is 9.00. The number of aryl methyl sites for hydroxylation is 1. The van der Waals surface area contributed by atoms with Crippen LogP contribution < -0.4 is 10.4 Å². The topological polar surface area (TPSA) is 90.7 Å². The van der Waals surface area contributed by atoms with Gasteiger partial charge < -0.3 is 14.6 Å². The van der Waals surface area contributed by atoms with Crippen LogP contribution in [-0.4, -0.2) is 33.8 Å². The van der Waals surface area contributed by atoms with E-state index >= 15 is 0 Å². The Morgan fingerprint density at radius 2 is 2.04 bits per heavy atom. The van der Waals surface area contributed by atoms with Crippen LogP contribution >= 0.6 is 0 Å². The number of carbonyl (C=O) groups excluding carboxylic acids is 1. The number of hydrogen-bond acceptors (Lipinski definition) is 6. The van der Waals surface area contributed by atoms with Crippen molar-refractivity contribution in [3.8, 4) is 5.88 Å². The van der Waals surface area contributed by atoms with Gasteiger partial charge in [0.15, 0.2) is 6.61 Å². The number of rotatable bonds is 8. The molecule has 1 aromatic heterocycles. The summed E-state index contributed by atoms with van der Waals surface area (Å²) in [6.45, 7) is 2.34. The van der Waals surface area contributed by atoms with Gasteiger partial charge in [-0.05, 0) is 38.2 Å². The van der Waals surface area contributed by atoms with Crippen molar-refractivity contribution < 1.29 is 19.4 Å². The summed E-state index contributed by atoms with van der Waals surface area (Å²) >= 11 is 0. The van der Waals surface area contributed by atoms with Gasteiger partial charge in [-0.15, -0.1) is 0 Å². The highest BCUT2D eigenvalue weighted by Gasteiger charge is 2.23. The number of aliphatic hydroxyl groups is 1. The molecule has 1 aliphatic carbocycles. The van der Waals surface area contributed by atoms with Crippen LogP contribution in [0.4, 0.5) is 0 Å². The molecule has 7 nitrogen and oxygen atoms in total. The molecule has 0 spiro atoms. The summed E-state index contributed by atoms with van der Waals surface area (Å²) in [6, 6.07) is 7.73. The summed E-state index contributed by atoms with van der Waals surface area (Å²) in [4.78, 5) is 28.2. The zero-order valence-electron chi connectivity index (χ0n) is 15.4. The van der Waals surface area contributed by atoms with E-state index in [1.165, 1.54) is 0 Å². The SMILES string of the molecule is Cc1ccc(COC(=O)COc2nc(=O)n(CCCO)c3c2CCC3)cc1. The molecule has 0 aliphatic heterocycles. The van der Waals surface area contributed by atoms with Gasteiger partial charge in [-0.2, -0.15) is 4.98 Å². The number of nitrogens with zero attached hydrogens (tertiary/aromatic N) is 2. The highest BCUT2D eigenvalue weighted by Crippen LogP contribution is 2.27. The van der Waals surface area contributed by atoms with Crippen molar-refractivity contribution in [3.63, 3.8) is 0 Å². The molecule has 1 aromatic carbocycles. The van der Waals surface area contributed by atoms with E-state index in [0.29, 0.717) is 13.0 Å². The van der Waals surface area contributed by atoms with Crippen LogP contribution in [0.3, 0.4) is 0 Å². The van der Waals surface area contributed by atoms with Gasteiger partial charge in [0.25, 0.3) is 0 Å². The molecule has 0 bridgehead atoms. The maximum atomic E-state index is 12.3. The predicted octanol–water partition coefficient (Wildman–Crippen LogP) is 1.55. The molecule has 0 saturated heterocycles. The van der Waals surface area contributed by atoms with E-state index in [9.17, 15) is 9.59 Å². The van der Waals surface area contributed by atoms with Gasteiger partial charge in [0.1, 0.15) is 6.61 Å². The fourth-order valence-corrected chi connectivity index (χ4v) is 3.18. The monoisotopic (exact) mass is 372 g/mol. The van der Waals surface area contributed by atoms with Crippen LogP contribution in [0.25, 0.3) is 0 Å². The number of ether oxygens (including phenoxy) is 2. The lowest BCUT2D eigenvalue weighted by atomic mass is 10.2. The molecule has 0 saturated carbocycles. The Morgan fingerprint density at radius 3 is 2.78 bits per heavy atom. The maximum Gasteiger partial charge on any atom is 0.351 e. The normalized spacial score (nSPS) is 12.7. The quantitative estimate of drug-likeness (QED) is 0.707. The third-order valence-corrected chi connectivity index (χ3v) is 4.59. The van der Waals surface area contributed by atoms with E-state index < -0.39 is 11.7 Å². The molecule has 0 fully saturated rings. The largest absolute Gasteiger partial charge is 0.465 e. The molecule has 0 amide bonds. The molecular weight excluding hydrogens is 348 g/mol. The first-order chi connectivity index (χ1) is 13.1. The minimum atomic E-state index is -0.506. The maximum absolute atomic E-state index is 12.3. The number of benzene rings is 1. The minimum absolute atomic E-state index is 0.0201. The molecule has 27 heavy (non-hydrogen) atoms. The first kappa shape index (κ1) is 19.1. The summed E-state index contributed by atoms with van der Waals surface area (Å²) in [7, 11) is 0. The van der Waals surface area contributed by atoms with Crippen molar-refractivity contribution in [1.29, 1.82) is 0 Å². The molecule has 2 aromatic rings. The third-order valence-electron chi connectivity index (χ3n) is 4.59. The van der Waals surface area contributed by atoms with Gasteiger partial charge >= 0.3 is 11.7 Å². The Balaban J connectivity index is 1.61. The Kier molecular flexibility index (Phi) is 6.24. The molecule has 1 aliphatic rings. The second-order valence-electron chi connectivity index (χ2n) is 6.64. The molecule has 144 valence electrons. The van der Waals surface area contributed by atoms with Crippen LogP contribution in [0.5, 0.6) is 5.88 Å². The van der Waals surface area contributed by atoms with E-state index in [1.54, 1.807) is 4.57 Å². The van der Waals surface area contributed by atoms with Crippen molar-refractivity contribution in [3.05, 3.63) is 57.1 Å². The van der Waals surface area contributed by atoms with Crippen LogP contribution in [0.1, 0.15) is 35.2 Å². The van der Waals surface area contributed by atoms with Gasteiger partial charge in [0, 0.05) is 24.4 Å². The van der Waals surface area contributed by atoms with E-state index in [-0.39, 0.29) is 25.7 Å². The van der Waals surface area contributed by atoms with Gasteiger partial charge in [0.05, 0.1) is 0 Å². The Morgan fingerprint density at radius 1 is 1.26 bits per heavy atom. The molecule has 7 heteroatoms. The van der Waals surface area contributed by atoms with E-state index in [0.717, 1.165) is 41.6 Å². The zero-order chi connectivity index (χ0) is 19.2. The average Bonchev–Trinajstić information content (AvgIpc) is 3.15. The number of aliphatic hydroxyl groups excluding tert-OH is 1. The predicted molar refractivity (Wildman–Crippen MR) is 98.7 cm³/mol. The highest BCUT2D eigenvalue weighted by atomic mass is 16.6. The van der Waals surface area contributed by atoms with Crippen LogP contribution in [0, 0.1) is 6.92 Å². The van der Waals surface area contributed by atoms with E-state index in [2.05, 4.69) is 4.98 Å². The van der Waals surface area contributed by atoms with Crippen molar-refractivity contribution in [2.24, 2.45) is 0 Å². The summed E-state index contributed by atoms with van der Waals surface area (Å²) in [5.41, 5.74) is 3.40. The second-order valence-corrected chi connectivity index (χ2v) is 6.64. The van der Waals surface area contributed by atoms with Crippen molar-refractivity contribution in [1.82, 2.24) is 9.55 Å². The average molecular weight is 372 g/mol. The van der Waals surface area contributed by atoms with Gasteiger partial charge in [-0.25, -0.2) is 9.59 Å². The Labute approximate surface area is 157 Å². The summed E-state index contributed by atoms with van der Waals surface area (Å²) in [6.07, 6.45) is 2.94. The van der Waals surface area contributed by atoms with Gasteiger partial charge in [-0.1, -0.05) is 29.8 Å². The number of fused-ring (bicyclic) bond motifs is 1. The highest BCUT2D eigenvalue weighted by molar-refractivity contribution is 5.71. The Bertz CT molecular complexity index is 858. The number of aromatic nitrogens is 2. The number of hydrogen-bond donors (Lipinski definition) is 1. The van der Waals surface area contributed by atoms with Crippen molar-refractivity contribution in [2.45, 2.75) is 45.8 Å². The molecule has 0 atom stereocenters.